The zero-order chi connectivity index (χ0) is 11.0. The van der Waals surface area contributed by atoms with Crippen molar-refractivity contribution in [2.45, 2.75) is 0 Å². The van der Waals surface area contributed by atoms with Gasteiger partial charge in [-0.15, -0.1) is 0 Å². The Morgan fingerprint density at radius 1 is 1.00 bits per heavy atom. The molecule has 0 unspecified atom stereocenters. The van der Waals surface area contributed by atoms with Crippen LogP contribution < -0.4 is 0 Å². The van der Waals surface area contributed by atoms with Gasteiger partial charge < -0.3 is 13.7 Å². The fraction of sp³-hybridized carbons (Fsp3) is 0. The summed E-state index contributed by atoms with van der Waals surface area (Å²) in [6.07, 6.45) is 0. The van der Waals surface area contributed by atoms with Crippen molar-refractivity contribution in [1.82, 2.24) is 0 Å². The minimum atomic E-state index is -5.17. The summed E-state index contributed by atoms with van der Waals surface area (Å²) < 4.78 is 76.6. The van der Waals surface area contributed by atoms with Crippen LogP contribution in [0.3, 0.4) is 0 Å². The van der Waals surface area contributed by atoms with Gasteiger partial charge in [-0.3, -0.25) is 13.0 Å². The Hall–Kier alpha value is 0.722. The van der Waals surface area contributed by atoms with E-state index in [1.807, 2.05) is 0 Å². The molecule has 12 heteroatoms. The Morgan fingerprint density at radius 3 is 1.00 bits per heavy atom. The van der Waals surface area contributed by atoms with Crippen molar-refractivity contribution in [3.8, 4) is 0 Å². The monoisotopic (exact) mass is 450 g/mol. The maximum atomic E-state index is 9.67. The first kappa shape index (κ1) is 18.5. The third-order valence-corrected chi connectivity index (χ3v) is 0. The third kappa shape index (κ3) is 1940. The minimum absolute atomic E-state index is 0.342. The summed E-state index contributed by atoms with van der Waals surface area (Å²) >= 11 is -0.342. The summed E-state index contributed by atoms with van der Waals surface area (Å²) in [5.74, 6) is 0. The normalized spacial score (nSPS) is 10.2. The van der Waals surface area contributed by atoms with Gasteiger partial charge in [0.05, 0.1) is 0 Å². The van der Waals surface area contributed by atoms with E-state index in [0.717, 1.165) is 0 Å². The van der Waals surface area contributed by atoms with Crippen LogP contribution >= 0.6 is 0 Å². The quantitative estimate of drug-likeness (QED) is 0.331. The van der Waals surface area contributed by atoms with Crippen LogP contribution in [0.15, 0.2) is 0 Å². The van der Waals surface area contributed by atoms with Gasteiger partial charge in [0, 0.05) is 10.4 Å². The summed E-state index contributed by atoms with van der Waals surface area (Å²) in [5, 5.41) is 0. The first-order valence-corrected chi connectivity index (χ1v) is 5.81. The number of hydrogen-bond donors (Lipinski definition) is 1. The van der Waals surface area contributed by atoms with Crippen molar-refractivity contribution in [2.24, 2.45) is 0 Å². The zero-order valence-corrected chi connectivity index (χ0v) is 10.8. The second-order valence-electron chi connectivity index (χ2n) is 0.836. The van der Waals surface area contributed by atoms with E-state index in [4.69, 9.17) is 35.0 Å². The summed E-state index contributed by atoms with van der Waals surface area (Å²) in [7, 11) is -10.1. The van der Waals surface area contributed by atoms with Gasteiger partial charge in [-0.25, -0.2) is 8.42 Å². The molecule has 0 saturated heterocycles. The molecule has 0 bridgehead atoms. The molecule has 1 N–H and O–H groups in total. The molecule has 0 aliphatic heterocycles. The molecule has 12 heavy (non-hydrogen) atoms. The Labute approximate surface area is 87.6 Å². The van der Waals surface area contributed by atoms with E-state index < -0.39 is 20.8 Å². The molecule has 72 valence electrons. The fourth-order valence-corrected chi connectivity index (χ4v) is 0. The molecule has 0 radical (unpaired) electrons. The summed E-state index contributed by atoms with van der Waals surface area (Å²) in [5.41, 5.74) is 0. The van der Waals surface area contributed by atoms with Gasteiger partial charge in [-0.1, -0.05) is 0 Å². The number of rotatable bonds is 0. The van der Waals surface area contributed by atoms with Crippen molar-refractivity contribution >= 4 is 20.8 Å². The molecule has 0 aromatic heterocycles. The molecular formula is HFO8S2U. The third-order valence-electron chi connectivity index (χ3n) is 0. The van der Waals surface area contributed by atoms with Gasteiger partial charge >= 0.3 is 32.2 Å². The molecule has 0 saturated carbocycles. The van der Waals surface area contributed by atoms with Crippen LogP contribution in [0.1, 0.15) is 0 Å². The molecule has 0 aromatic rings. The van der Waals surface area contributed by atoms with Gasteiger partial charge in [-0.2, -0.15) is 0 Å². The van der Waals surface area contributed by atoms with Gasteiger partial charge in [-0.05, 0) is 0 Å². The molecule has 0 rings (SSSR count). The number of halogens is 1. The SMILES string of the molecule is O=S(=O)([O-])O.O=S(=O)([O-])[O-].[F][U+3]. The Kier molecular flexibility index (Phi) is 12.8. The average Bonchev–Trinajstić information content (AvgIpc) is 1.59. The second-order valence-corrected chi connectivity index (χ2v) is 2.51. The predicted octanol–water partition coefficient (Wildman–Crippen LogP) is -1.91. The van der Waals surface area contributed by atoms with Crippen LogP contribution in [-0.4, -0.2) is 35.0 Å². The second kappa shape index (κ2) is 8.33. The molecule has 0 atom stereocenters. The Balaban J connectivity index is -0.000000112. The summed E-state index contributed by atoms with van der Waals surface area (Å²) in [4.78, 5) is 0. The van der Waals surface area contributed by atoms with E-state index in [-0.39, 0.29) is 30.1 Å². The average molecular weight is 450 g/mol. The van der Waals surface area contributed by atoms with Crippen molar-refractivity contribution in [1.29, 1.82) is 0 Å². The van der Waals surface area contributed by atoms with Crippen LogP contribution in [0, 0.1) is 30.1 Å². The number of hydrogen-bond acceptors (Lipinski definition) is 7. The van der Waals surface area contributed by atoms with E-state index in [0.29, 0.717) is 0 Å². The van der Waals surface area contributed by atoms with Crippen LogP contribution in [-0.2, 0) is 20.8 Å². The molecule has 0 fully saturated rings. The molecule has 8 nitrogen and oxygen atoms in total. The van der Waals surface area contributed by atoms with E-state index in [9.17, 15) is 2.10 Å². The first-order chi connectivity index (χ1) is 5.00. The topological polar surface area (TPSA) is 158 Å². The van der Waals surface area contributed by atoms with Crippen molar-refractivity contribution in [2.75, 3.05) is 0 Å². The van der Waals surface area contributed by atoms with Gasteiger partial charge in [0.2, 0.25) is 10.4 Å². The van der Waals surface area contributed by atoms with Gasteiger partial charge in [0.25, 0.3) is 0 Å². The van der Waals surface area contributed by atoms with Gasteiger partial charge in [0.1, 0.15) is 0 Å². The van der Waals surface area contributed by atoms with Crippen LogP contribution in [0.4, 0.5) is 2.10 Å². The van der Waals surface area contributed by atoms with Crippen molar-refractivity contribution in [3.63, 3.8) is 0 Å². The molecule has 0 aromatic carbocycles. The van der Waals surface area contributed by atoms with Crippen molar-refractivity contribution < 1.29 is 67.3 Å². The summed E-state index contributed by atoms with van der Waals surface area (Å²) in [6.45, 7) is 0. The van der Waals surface area contributed by atoms with Crippen LogP contribution in [0.2, 0.25) is 0 Å². The standard InChI is InChI=1S/FH.2H2O4S.U/c;2*1-5(2,3)4;/h1H;2*(H2,1,2,3,4);/q;;;+4/p-4. The Morgan fingerprint density at radius 2 is 1.00 bits per heavy atom. The molecule has 0 amide bonds. The van der Waals surface area contributed by atoms with E-state index in [1.54, 1.807) is 0 Å². The van der Waals surface area contributed by atoms with E-state index >= 15 is 0 Å². The van der Waals surface area contributed by atoms with Gasteiger partial charge in [0.15, 0.2) is 0 Å². The molecule has 0 spiro atoms. The van der Waals surface area contributed by atoms with Crippen molar-refractivity contribution in [3.05, 3.63) is 0 Å². The zero-order valence-electron chi connectivity index (χ0n) is 5.00. The summed E-state index contributed by atoms with van der Waals surface area (Å²) in [6, 6.07) is 0. The first-order valence-electron chi connectivity index (χ1n) is 1.54. The van der Waals surface area contributed by atoms with E-state index in [1.165, 1.54) is 0 Å². The fourth-order valence-electron chi connectivity index (χ4n) is 0. The Bertz CT molecular complexity index is 213. The van der Waals surface area contributed by atoms with Crippen LogP contribution in [0.25, 0.3) is 0 Å². The van der Waals surface area contributed by atoms with Crippen LogP contribution in [0.5, 0.6) is 0 Å². The van der Waals surface area contributed by atoms with E-state index in [2.05, 4.69) is 0 Å². The molecule has 0 aliphatic rings. The molecule has 0 aliphatic carbocycles. The predicted molar refractivity (Wildman–Crippen MR) is 23.9 cm³/mol. The maximum absolute atomic E-state index is 9.67. The molecule has 0 heterocycles. The molecular weight excluding hydrogens is 449 g/mol.